The van der Waals surface area contributed by atoms with E-state index >= 15 is 0 Å². The lowest BCUT2D eigenvalue weighted by molar-refractivity contribution is -0.237. The average Bonchev–Trinajstić information content (AvgIpc) is 2.42. The van der Waals surface area contributed by atoms with Crippen LogP contribution in [0, 0.1) is 0 Å². The lowest BCUT2D eigenvalue weighted by Gasteiger charge is -2.12. The summed E-state index contributed by atoms with van der Waals surface area (Å²) in [5.41, 5.74) is -0.106. The van der Waals surface area contributed by atoms with Crippen LogP contribution >= 0.6 is 0 Å². The second-order valence-electron chi connectivity index (χ2n) is 3.34. The number of aromatic carboxylic acids is 1. The Balaban J connectivity index is 3.28. The molecule has 0 amide bonds. The first kappa shape index (κ1) is 14.8. The molecule has 0 unspecified atom stereocenters. The van der Waals surface area contributed by atoms with Crippen molar-refractivity contribution in [3.05, 3.63) is 23.3 Å². The minimum absolute atomic E-state index is 0.0291. The van der Waals surface area contributed by atoms with E-state index in [0.29, 0.717) is 0 Å². The van der Waals surface area contributed by atoms with Gasteiger partial charge in [0.25, 0.3) is 0 Å². The Bertz CT molecular complexity index is 456. The van der Waals surface area contributed by atoms with E-state index in [4.69, 9.17) is 14.6 Å². The van der Waals surface area contributed by atoms with Gasteiger partial charge in [-0.1, -0.05) is 0 Å². The number of carbonyl (C=O) groups excluding carboxylic acids is 1. The molecule has 0 saturated carbocycles. The number of rotatable bonds is 6. The summed E-state index contributed by atoms with van der Waals surface area (Å²) in [7, 11) is 2.61. The second-order valence-corrected chi connectivity index (χ2v) is 3.34. The zero-order chi connectivity index (χ0) is 14.4. The van der Waals surface area contributed by atoms with E-state index in [1.807, 2.05) is 0 Å². The van der Waals surface area contributed by atoms with Crippen molar-refractivity contribution in [1.29, 1.82) is 0 Å². The molecule has 0 aromatic heterocycles. The smallest absolute Gasteiger partial charge is 0.380 e. The van der Waals surface area contributed by atoms with Gasteiger partial charge in [-0.3, -0.25) is 4.89 Å². The molecule has 0 aliphatic rings. The van der Waals surface area contributed by atoms with E-state index in [-0.39, 0.29) is 29.2 Å². The van der Waals surface area contributed by atoms with Crippen LogP contribution in [0.5, 0.6) is 11.5 Å². The Kier molecular flexibility index (Phi) is 5.13. The maximum Gasteiger partial charge on any atom is 0.380 e. The van der Waals surface area contributed by atoms with Crippen molar-refractivity contribution in [1.82, 2.24) is 0 Å². The molecule has 19 heavy (non-hydrogen) atoms. The van der Waals surface area contributed by atoms with Crippen molar-refractivity contribution >= 4 is 11.9 Å². The molecule has 0 saturated heterocycles. The van der Waals surface area contributed by atoms with Gasteiger partial charge >= 0.3 is 11.9 Å². The highest BCUT2D eigenvalue weighted by Crippen LogP contribution is 2.31. The standard InChI is InChI=1S/C12H14O7/c1-4-18-19-12(15)10-8(16-2)5-7(11(13)14)6-9(10)17-3/h5-6H,4H2,1-3H3,(H,13,14). The molecule has 0 heterocycles. The number of carboxylic acids is 1. The largest absolute Gasteiger partial charge is 0.496 e. The van der Waals surface area contributed by atoms with E-state index in [2.05, 4.69) is 9.78 Å². The van der Waals surface area contributed by atoms with Gasteiger partial charge in [-0.25, -0.2) is 9.59 Å². The zero-order valence-electron chi connectivity index (χ0n) is 10.8. The van der Waals surface area contributed by atoms with Crippen LogP contribution < -0.4 is 9.47 Å². The van der Waals surface area contributed by atoms with Crippen LogP contribution in [-0.2, 0) is 9.78 Å². The highest BCUT2D eigenvalue weighted by atomic mass is 17.2. The van der Waals surface area contributed by atoms with E-state index in [0.717, 1.165) is 0 Å². The Hall–Kier alpha value is -2.28. The lowest BCUT2D eigenvalue weighted by Crippen LogP contribution is -2.11. The Labute approximate surface area is 109 Å². The molecule has 0 radical (unpaired) electrons. The summed E-state index contributed by atoms with van der Waals surface area (Å²) in [5, 5.41) is 8.94. The summed E-state index contributed by atoms with van der Waals surface area (Å²) < 4.78 is 9.96. The summed E-state index contributed by atoms with van der Waals surface area (Å²) in [6.45, 7) is 1.83. The van der Waals surface area contributed by atoms with Gasteiger partial charge in [0, 0.05) is 0 Å². The molecule has 104 valence electrons. The van der Waals surface area contributed by atoms with Gasteiger partial charge < -0.3 is 14.6 Å². The number of ether oxygens (including phenoxy) is 2. The van der Waals surface area contributed by atoms with Crippen molar-refractivity contribution in [3.63, 3.8) is 0 Å². The molecule has 1 N–H and O–H groups in total. The molecule has 0 spiro atoms. The van der Waals surface area contributed by atoms with Crippen molar-refractivity contribution in [2.75, 3.05) is 20.8 Å². The predicted octanol–water partition coefficient (Wildman–Crippen LogP) is 1.51. The van der Waals surface area contributed by atoms with Crippen LogP contribution in [-0.4, -0.2) is 37.9 Å². The molecule has 0 aliphatic carbocycles. The van der Waals surface area contributed by atoms with Gasteiger partial charge in [-0.05, 0) is 19.1 Å². The van der Waals surface area contributed by atoms with Gasteiger partial charge in [-0.15, -0.1) is 0 Å². The Morgan fingerprint density at radius 2 is 1.68 bits per heavy atom. The molecule has 0 fully saturated rings. The topological polar surface area (TPSA) is 91.3 Å². The minimum Gasteiger partial charge on any atom is -0.496 e. The minimum atomic E-state index is -1.17. The summed E-state index contributed by atoms with van der Waals surface area (Å²) in [6.07, 6.45) is 0. The fourth-order valence-corrected chi connectivity index (χ4v) is 1.39. The monoisotopic (exact) mass is 270 g/mol. The first-order chi connectivity index (χ1) is 9.04. The quantitative estimate of drug-likeness (QED) is 0.618. The van der Waals surface area contributed by atoms with E-state index in [1.54, 1.807) is 6.92 Å². The molecule has 7 heteroatoms. The molecule has 7 nitrogen and oxygen atoms in total. The van der Waals surface area contributed by atoms with Crippen LogP contribution in [0.4, 0.5) is 0 Å². The van der Waals surface area contributed by atoms with Crippen LogP contribution in [0.1, 0.15) is 27.6 Å². The van der Waals surface area contributed by atoms with Gasteiger partial charge in [0.15, 0.2) is 0 Å². The second kappa shape index (κ2) is 6.60. The number of methoxy groups -OCH3 is 2. The number of carboxylic acid groups (broad SMARTS) is 1. The maximum atomic E-state index is 11.8. The van der Waals surface area contributed by atoms with E-state index in [1.165, 1.54) is 26.4 Å². The number of carbonyl (C=O) groups is 2. The van der Waals surface area contributed by atoms with Crippen molar-refractivity contribution < 1.29 is 33.9 Å². The third-order valence-corrected chi connectivity index (χ3v) is 2.21. The van der Waals surface area contributed by atoms with Gasteiger partial charge in [-0.2, -0.15) is 4.89 Å². The molecule has 1 aromatic carbocycles. The highest BCUT2D eigenvalue weighted by Gasteiger charge is 2.23. The average molecular weight is 270 g/mol. The van der Waals surface area contributed by atoms with Crippen molar-refractivity contribution in [2.45, 2.75) is 6.92 Å². The summed E-state index contributed by atoms with van der Waals surface area (Å²) in [6, 6.07) is 2.40. The summed E-state index contributed by atoms with van der Waals surface area (Å²) >= 11 is 0. The van der Waals surface area contributed by atoms with E-state index < -0.39 is 11.9 Å². The number of hydrogen-bond donors (Lipinski definition) is 1. The fourth-order valence-electron chi connectivity index (χ4n) is 1.39. The normalized spacial score (nSPS) is 9.84. The molecular weight excluding hydrogens is 256 g/mol. The predicted molar refractivity (Wildman–Crippen MR) is 63.5 cm³/mol. The van der Waals surface area contributed by atoms with Crippen LogP contribution in [0.3, 0.4) is 0 Å². The number of hydrogen-bond acceptors (Lipinski definition) is 6. The molecule has 1 aromatic rings. The first-order valence-electron chi connectivity index (χ1n) is 5.38. The van der Waals surface area contributed by atoms with Crippen LogP contribution in [0.2, 0.25) is 0 Å². The third kappa shape index (κ3) is 3.35. The summed E-state index contributed by atoms with van der Waals surface area (Å²) in [4.78, 5) is 31.8. The van der Waals surface area contributed by atoms with Gasteiger partial charge in [0.05, 0.1) is 26.4 Å². The molecule has 0 atom stereocenters. The van der Waals surface area contributed by atoms with Crippen molar-refractivity contribution in [3.8, 4) is 11.5 Å². The summed E-state index contributed by atoms with van der Waals surface area (Å²) in [5.74, 6) is -1.93. The van der Waals surface area contributed by atoms with Crippen molar-refractivity contribution in [2.24, 2.45) is 0 Å². The van der Waals surface area contributed by atoms with Crippen LogP contribution in [0.15, 0.2) is 12.1 Å². The Morgan fingerprint density at radius 3 is 2.05 bits per heavy atom. The zero-order valence-corrected chi connectivity index (χ0v) is 10.8. The van der Waals surface area contributed by atoms with Crippen LogP contribution in [0.25, 0.3) is 0 Å². The fraction of sp³-hybridized carbons (Fsp3) is 0.333. The highest BCUT2D eigenvalue weighted by molar-refractivity contribution is 5.98. The molecular formula is C12H14O7. The maximum absolute atomic E-state index is 11.8. The van der Waals surface area contributed by atoms with E-state index in [9.17, 15) is 9.59 Å². The SMILES string of the molecule is CCOOC(=O)c1c(OC)cc(C(=O)O)cc1OC. The molecule has 0 aliphatic heterocycles. The number of benzene rings is 1. The van der Waals surface area contributed by atoms with Gasteiger partial charge in [0.1, 0.15) is 17.1 Å². The first-order valence-corrected chi connectivity index (χ1v) is 5.38. The Morgan fingerprint density at radius 1 is 1.16 bits per heavy atom. The van der Waals surface area contributed by atoms with Gasteiger partial charge in [0.2, 0.25) is 0 Å². The molecule has 0 bridgehead atoms. The molecule has 1 rings (SSSR count). The third-order valence-electron chi connectivity index (χ3n) is 2.21. The lowest BCUT2D eigenvalue weighted by atomic mass is 10.1.